The molecule has 0 saturated carbocycles. The number of nitrogens with one attached hydrogen (secondary N) is 1. The molecule has 1 aliphatic heterocycles. The van der Waals surface area contributed by atoms with Crippen LogP contribution in [0.2, 0.25) is 0 Å². The van der Waals surface area contributed by atoms with Gasteiger partial charge in [-0.15, -0.1) is 0 Å². The maximum absolute atomic E-state index is 13.1. The van der Waals surface area contributed by atoms with Gasteiger partial charge >= 0.3 is 0 Å². The molecule has 1 heterocycles. The predicted molar refractivity (Wildman–Crippen MR) is 100 cm³/mol. The van der Waals surface area contributed by atoms with Gasteiger partial charge in [0, 0.05) is 19.8 Å². The van der Waals surface area contributed by atoms with Gasteiger partial charge in [-0.1, -0.05) is 42.5 Å². The van der Waals surface area contributed by atoms with Crippen molar-refractivity contribution in [3.8, 4) is 0 Å². The first kappa shape index (κ1) is 17.9. The van der Waals surface area contributed by atoms with Crippen LogP contribution in [0.5, 0.6) is 0 Å². The average Bonchev–Trinajstić information content (AvgIpc) is 2.61. The predicted octanol–water partition coefficient (Wildman–Crippen LogP) is 1.96. The summed E-state index contributed by atoms with van der Waals surface area (Å²) < 4.78 is 23.6. The Kier molecular flexibility index (Phi) is 4.84. The van der Waals surface area contributed by atoms with Crippen molar-refractivity contribution in [2.75, 3.05) is 26.4 Å². The monoisotopic (exact) mass is 360 g/mol. The van der Waals surface area contributed by atoms with Crippen molar-refractivity contribution in [2.24, 2.45) is 0 Å². The first-order valence-electron chi connectivity index (χ1n) is 8.48. The standard InChI is InChI=1S/C19H24N2O3S/c1-21(14-16-8-5-7-15-6-3-4-9-17(15)16)18(22)19(25(2,23)24)10-12-20-13-11-19/h3-9,20H,10-14H2,1-2H3. The summed E-state index contributed by atoms with van der Waals surface area (Å²) in [6.07, 6.45) is 1.83. The van der Waals surface area contributed by atoms with Crippen LogP contribution in [-0.4, -0.2) is 50.4 Å². The molecule has 0 spiro atoms. The van der Waals surface area contributed by atoms with Crippen LogP contribution < -0.4 is 5.32 Å². The maximum Gasteiger partial charge on any atom is 0.244 e. The minimum absolute atomic E-state index is 0.301. The van der Waals surface area contributed by atoms with E-state index in [9.17, 15) is 13.2 Å². The van der Waals surface area contributed by atoms with Crippen molar-refractivity contribution in [1.29, 1.82) is 0 Å². The Hall–Kier alpha value is -1.92. The fourth-order valence-electron chi connectivity index (χ4n) is 3.68. The number of hydrogen-bond acceptors (Lipinski definition) is 4. The zero-order chi connectivity index (χ0) is 18.1. The van der Waals surface area contributed by atoms with Gasteiger partial charge in [-0.2, -0.15) is 0 Å². The number of carbonyl (C=O) groups is 1. The van der Waals surface area contributed by atoms with E-state index in [4.69, 9.17) is 0 Å². The molecule has 134 valence electrons. The summed E-state index contributed by atoms with van der Waals surface area (Å²) in [4.78, 5) is 14.7. The molecule has 6 heteroatoms. The fourth-order valence-corrected chi connectivity index (χ4v) is 5.10. The molecule has 5 nitrogen and oxygen atoms in total. The van der Waals surface area contributed by atoms with Crippen LogP contribution in [0.3, 0.4) is 0 Å². The van der Waals surface area contributed by atoms with Crippen LogP contribution in [0.1, 0.15) is 18.4 Å². The highest BCUT2D eigenvalue weighted by atomic mass is 32.2. The van der Waals surface area contributed by atoms with Crippen LogP contribution in [0.4, 0.5) is 0 Å². The first-order valence-corrected chi connectivity index (χ1v) is 10.4. The summed E-state index contributed by atoms with van der Waals surface area (Å²) in [6, 6.07) is 14.0. The molecule has 1 fully saturated rings. The zero-order valence-corrected chi connectivity index (χ0v) is 15.5. The topological polar surface area (TPSA) is 66.5 Å². The van der Waals surface area contributed by atoms with Crippen molar-refractivity contribution in [1.82, 2.24) is 10.2 Å². The highest BCUT2D eigenvalue weighted by Gasteiger charge is 2.49. The van der Waals surface area contributed by atoms with E-state index in [0.29, 0.717) is 32.5 Å². The number of fused-ring (bicyclic) bond motifs is 1. The molecular weight excluding hydrogens is 336 g/mol. The summed E-state index contributed by atoms with van der Waals surface area (Å²) in [6.45, 7) is 1.48. The van der Waals surface area contributed by atoms with Crippen LogP contribution in [-0.2, 0) is 21.2 Å². The number of hydrogen-bond donors (Lipinski definition) is 1. The minimum Gasteiger partial charge on any atom is -0.340 e. The molecule has 1 amide bonds. The Morgan fingerprint density at radius 3 is 2.44 bits per heavy atom. The normalized spacial score (nSPS) is 17.4. The fraction of sp³-hybridized carbons (Fsp3) is 0.421. The van der Waals surface area contributed by atoms with Crippen molar-refractivity contribution in [2.45, 2.75) is 24.1 Å². The molecule has 25 heavy (non-hydrogen) atoms. The van der Waals surface area contributed by atoms with E-state index in [0.717, 1.165) is 16.3 Å². The highest BCUT2D eigenvalue weighted by molar-refractivity contribution is 7.92. The summed E-state index contributed by atoms with van der Waals surface area (Å²) >= 11 is 0. The Morgan fingerprint density at radius 2 is 1.76 bits per heavy atom. The molecule has 3 rings (SSSR count). The van der Waals surface area contributed by atoms with E-state index < -0.39 is 14.6 Å². The van der Waals surface area contributed by atoms with E-state index in [1.54, 1.807) is 11.9 Å². The number of carbonyl (C=O) groups excluding carboxylic acids is 1. The molecule has 0 radical (unpaired) electrons. The lowest BCUT2D eigenvalue weighted by atomic mass is 9.95. The van der Waals surface area contributed by atoms with Crippen LogP contribution in [0.15, 0.2) is 42.5 Å². The second-order valence-corrected chi connectivity index (χ2v) is 9.14. The number of rotatable bonds is 4. The second-order valence-electron chi connectivity index (χ2n) is 6.82. The number of piperidine rings is 1. The summed E-state index contributed by atoms with van der Waals surface area (Å²) in [5.74, 6) is -0.301. The Bertz CT molecular complexity index is 881. The van der Waals surface area contributed by atoms with Crippen LogP contribution in [0.25, 0.3) is 10.8 Å². The van der Waals surface area contributed by atoms with Gasteiger partial charge in [0.1, 0.15) is 0 Å². The third kappa shape index (κ3) is 3.28. The number of benzene rings is 2. The summed E-state index contributed by atoms with van der Waals surface area (Å²) in [7, 11) is -1.80. The molecule has 1 aliphatic rings. The molecular formula is C19H24N2O3S. The lowest BCUT2D eigenvalue weighted by molar-refractivity contribution is -0.134. The quantitative estimate of drug-likeness (QED) is 0.905. The van der Waals surface area contributed by atoms with Gasteiger partial charge in [0.25, 0.3) is 0 Å². The minimum atomic E-state index is -3.50. The van der Waals surface area contributed by atoms with Crippen LogP contribution >= 0.6 is 0 Å². The Morgan fingerprint density at radius 1 is 1.12 bits per heavy atom. The Balaban J connectivity index is 1.91. The van der Waals surface area contributed by atoms with Crippen molar-refractivity contribution < 1.29 is 13.2 Å². The largest absolute Gasteiger partial charge is 0.340 e. The number of sulfone groups is 1. The molecule has 2 aromatic rings. The van der Waals surface area contributed by atoms with Gasteiger partial charge < -0.3 is 10.2 Å². The second kappa shape index (κ2) is 6.77. The van der Waals surface area contributed by atoms with E-state index >= 15 is 0 Å². The van der Waals surface area contributed by atoms with E-state index in [1.807, 2.05) is 42.5 Å². The number of nitrogens with zero attached hydrogens (tertiary/aromatic N) is 1. The van der Waals surface area contributed by atoms with Gasteiger partial charge in [-0.25, -0.2) is 8.42 Å². The molecule has 0 aliphatic carbocycles. The van der Waals surface area contributed by atoms with E-state index in [2.05, 4.69) is 5.32 Å². The molecule has 0 atom stereocenters. The van der Waals surface area contributed by atoms with Gasteiger partial charge in [-0.3, -0.25) is 4.79 Å². The van der Waals surface area contributed by atoms with E-state index in [1.165, 1.54) is 6.26 Å². The smallest absolute Gasteiger partial charge is 0.244 e. The van der Waals surface area contributed by atoms with Crippen molar-refractivity contribution in [3.63, 3.8) is 0 Å². The molecule has 1 saturated heterocycles. The average molecular weight is 360 g/mol. The van der Waals surface area contributed by atoms with Crippen molar-refractivity contribution >= 4 is 26.5 Å². The SMILES string of the molecule is CN(Cc1cccc2ccccc12)C(=O)C1(S(C)(=O)=O)CCNCC1. The zero-order valence-electron chi connectivity index (χ0n) is 14.7. The first-order chi connectivity index (χ1) is 11.8. The maximum atomic E-state index is 13.1. The Labute approximate surface area is 148 Å². The molecule has 1 N–H and O–H groups in total. The molecule has 0 bridgehead atoms. The third-order valence-corrected chi connectivity index (χ3v) is 7.15. The lowest BCUT2D eigenvalue weighted by Crippen LogP contribution is -2.57. The van der Waals surface area contributed by atoms with Gasteiger partial charge in [0.15, 0.2) is 14.6 Å². The van der Waals surface area contributed by atoms with Gasteiger partial charge in [-0.05, 0) is 42.3 Å². The number of amides is 1. The van der Waals surface area contributed by atoms with Gasteiger partial charge in [0.05, 0.1) is 0 Å². The summed E-state index contributed by atoms with van der Waals surface area (Å²) in [5, 5.41) is 5.34. The van der Waals surface area contributed by atoms with Crippen molar-refractivity contribution in [3.05, 3.63) is 48.0 Å². The molecule has 2 aromatic carbocycles. The van der Waals surface area contributed by atoms with Gasteiger partial charge in [0.2, 0.25) is 5.91 Å². The molecule has 0 unspecified atom stereocenters. The summed E-state index contributed by atoms with van der Waals surface area (Å²) in [5.41, 5.74) is 1.02. The lowest BCUT2D eigenvalue weighted by Gasteiger charge is -2.37. The van der Waals surface area contributed by atoms with E-state index in [-0.39, 0.29) is 5.91 Å². The molecule has 0 aromatic heterocycles. The highest BCUT2D eigenvalue weighted by Crippen LogP contribution is 2.31. The third-order valence-electron chi connectivity index (χ3n) is 5.14. The van der Waals surface area contributed by atoms with Crippen LogP contribution in [0, 0.1) is 0 Å².